The highest BCUT2D eigenvalue weighted by Crippen LogP contribution is 2.40. The number of likely N-dealkylation sites (N-methyl/N-ethyl adjacent to an activating group) is 1. The van der Waals surface area contributed by atoms with Gasteiger partial charge >= 0.3 is 0 Å². The van der Waals surface area contributed by atoms with Crippen LogP contribution in [0.3, 0.4) is 0 Å². The summed E-state index contributed by atoms with van der Waals surface area (Å²) in [4.78, 5) is 72.2. The zero-order chi connectivity index (χ0) is 41.9. The first-order valence-corrected chi connectivity index (χ1v) is 20.7. The average molecular weight is 814 g/mol. The fourth-order valence-electron chi connectivity index (χ4n) is 8.99. The van der Waals surface area contributed by atoms with Crippen molar-refractivity contribution in [3.63, 3.8) is 0 Å². The summed E-state index contributed by atoms with van der Waals surface area (Å²) < 4.78 is 7.89. The molecule has 0 aliphatic carbocycles. The van der Waals surface area contributed by atoms with Gasteiger partial charge in [-0.15, -0.1) is 0 Å². The molecular formula is C45H51N9O6. The van der Waals surface area contributed by atoms with E-state index in [1.165, 1.54) is 4.90 Å². The van der Waals surface area contributed by atoms with E-state index in [4.69, 9.17) is 21.3 Å². The third kappa shape index (κ3) is 8.21. The zero-order valence-corrected chi connectivity index (χ0v) is 33.8. The molecule has 2 atom stereocenters. The second-order valence-electron chi connectivity index (χ2n) is 16.0. The fraction of sp³-hybridized carbons (Fsp3) is 0.378. The number of carbonyl (C=O) groups excluding carboxylic acids is 5. The van der Waals surface area contributed by atoms with Crippen LogP contribution in [0, 0.1) is 5.92 Å². The molecule has 2 fully saturated rings. The number of piperidine rings is 2. The van der Waals surface area contributed by atoms with Gasteiger partial charge in [0.15, 0.2) is 0 Å². The standard InChI is InChI=1S/C45H51N9O6/c1-50(24-7-25-52-39(56)18-17-37(45(52)59)53-28-34-33(44(53)58)10-5-11-35(34)46)23-6-12-38(55)51-26-20-29(21-27-51)36-19-22-48-43-40(42(47)57)41(49-54(36)43)30-13-15-32(16-14-30)60-31-8-3-2-4-9-31/h2-6,8-16,29,36-37,48H,7,17-28,46H2,1H3,(H2,47,57)/b12-6+/t36-,37?/m0/s1. The number of fused-ring (bicyclic) bond motifs is 2. The van der Waals surface area contributed by atoms with Crippen molar-refractivity contribution in [2.45, 2.75) is 57.2 Å². The van der Waals surface area contributed by atoms with E-state index in [0.717, 1.165) is 36.1 Å². The van der Waals surface area contributed by atoms with Crippen molar-refractivity contribution in [2.24, 2.45) is 11.7 Å². The first-order valence-electron chi connectivity index (χ1n) is 20.7. The molecule has 8 rings (SSSR count). The number of imide groups is 1. The second-order valence-corrected chi connectivity index (χ2v) is 16.0. The Labute approximate surface area is 348 Å². The van der Waals surface area contributed by atoms with Crippen LogP contribution in [-0.2, 0) is 20.9 Å². The Morgan fingerprint density at radius 3 is 2.43 bits per heavy atom. The molecule has 0 radical (unpaired) electrons. The molecule has 5 heterocycles. The van der Waals surface area contributed by atoms with E-state index >= 15 is 0 Å². The number of ether oxygens (including phenoxy) is 1. The van der Waals surface area contributed by atoms with Crippen LogP contribution in [0.25, 0.3) is 11.3 Å². The van der Waals surface area contributed by atoms with Crippen molar-refractivity contribution < 1.29 is 28.7 Å². The molecule has 0 saturated carbocycles. The topological polar surface area (TPSA) is 189 Å². The Kier molecular flexibility index (Phi) is 11.7. The number of nitrogens with one attached hydrogen (secondary N) is 1. The number of primary amides is 1. The number of aromatic nitrogens is 2. The molecule has 15 heteroatoms. The first-order chi connectivity index (χ1) is 29.1. The molecule has 15 nitrogen and oxygen atoms in total. The van der Waals surface area contributed by atoms with E-state index in [0.29, 0.717) is 79.6 Å². The SMILES string of the molecule is CN(C/C=C/C(=O)N1CCC([C@@H]2CCNc3c(C(N)=O)c(-c4ccc(Oc5ccccc5)cc4)nn32)CC1)CCCN1C(=O)CCC(N2Cc3c(N)cccc3C2=O)C1=O. The molecule has 4 aliphatic rings. The van der Waals surface area contributed by atoms with Gasteiger partial charge in [0.05, 0.1) is 6.04 Å². The third-order valence-electron chi connectivity index (χ3n) is 12.2. The Morgan fingerprint density at radius 2 is 1.70 bits per heavy atom. The zero-order valence-electron chi connectivity index (χ0n) is 33.8. The Bertz CT molecular complexity index is 2300. The highest BCUT2D eigenvalue weighted by atomic mass is 16.5. The number of nitrogens with two attached hydrogens (primary N) is 2. The number of hydrogen-bond acceptors (Lipinski definition) is 10. The maximum atomic E-state index is 13.5. The summed E-state index contributed by atoms with van der Waals surface area (Å²) >= 11 is 0. The van der Waals surface area contributed by atoms with Gasteiger partial charge in [-0.2, -0.15) is 5.10 Å². The maximum Gasteiger partial charge on any atom is 0.255 e. The molecule has 0 bridgehead atoms. The van der Waals surface area contributed by atoms with E-state index in [-0.39, 0.29) is 55.1 Å². The molecular weight excluding hydrogens is 763 g/mol. The first kappa shape index (κ1) is 40.3. The van der Waals surface area contributed by atoms with Crippen molar-refractivity contribution in [3.05, 3.63) is 102 Å². The number of anilines is 2. The molecule has 5 N–H and O–H groups in total. The van der Waals surface area contributed by atoms with Crippen molar-refractivity contribution in [2.75, 3.05) is 57.4 Å². The lowest BCUT2D eigenvalue weighted by Gasteiger charge is -2.38. The molecule has 1 unspecified atom stereocenters. The maximum absolute atomic E-state index is 13.5. The highest BCUT2D eigenvalue weighted by molar-refractivity contribution is 6.06. The fourth-order valence-corrected chi connectivity index (χ4v) is 8.99. The summed E-state index contributed by atoms with van der Waals surface area (Å²) in [5.41, 5.74) is 15.5. The predicted molar refractivity (Wildman–Crippen MR) is 226 cm³/mol. The predicted octanol–water partition coefficient (Wildman–Crippen LogP) is 4.67. The lowest BCUT2D eigenvalue weighted by Crippen LogP contribution is -2.55. The minimum absolute atomic E-state index is 0.0409. The average Bonchev–Trinajstić information content (AvgIpc) is 3.82. The lowest BCUT2D eigenvalue weighted by molar-refractivity contribution is -0.152. The van der Waals surface area contributed by atoms with Gasteiger partial charge in [0, 0.05) is 74.1 Å². The normalized spacial score (nSPS) is 19.5. The van der Waals surface area contributed by atoms with E-state index in [1.54, 1.807) is 29.2 Å². The van der Waals surface area contributed by atoms with Gasteiger partial charge in [0.2, 0.25) is 11.8 Å². The van der Waals surface area contributed by atoms with Gasteiger partial charge in [-0.3, -0.25) is 28.9 Å². The van der Waals surface area contributed by atoms with E-state index in [9.17, 15) is 24.0 Å². The Morgan fingerprint density at radius 1 is 0.950 bits per heavy atom. The number of nitrogens with zero attached hydrogens (tertiary/aromatic N) is 6. The number of carbonyl (C=O) groups is 5. The van der Waals surface area contributed by atoms with Crippen molar-refractivity contribution in [3.8, 4) is 22.8 Å². The van der Waals surface area contributed by atoms with Crippen molar-refractivity contribution >= 4 is 41.0 Å². The van der Waals surface area contributed by atoms with Crippen LogP contribution in [0.4, 0.5) is 11.5 Å². The van der Waals surface area contributed by atoms with E-state index in [1.807, 2.05) is 82.2 Å². The molecule has 312 valence electrons. The summed E-state index contributed by atoms with van der Waals surface area (Å²) in [6.07, 6.45) is 6.97. The van der Waals surface area contributed by atoms with Crippen LogP contribution >= 0.6 is 0 Å². The smallest absolute Gasteiger partial charge is 0.255 e. The van der Waals surface area contributed by atoms with Crippen LogP contribution < -0.4 is 21.5 Å². The second kappa shape index (κ2) is 17.4. The molecule has 1 aromatic heterocycles. The van der Waals surface area contributed by atoms with E-state index in [2.05, 4.69) is 5.32 Å². The summed E-state index contributed by atoms with van der Waals surface area (Å²) in [7, 11) is 1.93. The van der Waals surface area contributed by atoms with Crippen LogP contribution in [0.5, 0.6) is 11.5 Å². The number of benzene rings is 3. The third-order valence-corrected chi connectivity index (χ3v) is 12.2. The van der Waals surface area contributed by atoms with Crippen LogP contribution in [0.2, 0.25) is 0 Å². The quantitative estimate of drug-likeness (QED) is 0.0972. The number of amides is 5. The molecule has 0 spiro atoms. The number of hydrogen-bond donors (Lipinski definition) is 3. The van der Waals surface area contributed by atoms with Gasteiger partial charge in [-0.1, -0.05) is 30.3 Å². The Balaban J connectivity index is 0.808. The minimum Gasteiger partial charge on any atom is -0.457 e. The number of para-hydroxylation sites is 1. The molecule has 5 amide bonds. The van der Waals surface area contributed by atoms with Crippen molar-refractivity contribution in [1.29, 1.82) is 0 Å². The molecule has 3 aromatic carbocycles. The van der Waals surface area contributed by atoms with Gasteiger partial charge in [0.1, 0.15) is 34.6 Å². The summed E-state index contributed by atoms with van der Waals surface area (Å²) in [5, 5.41) is 8.35. The number of likely N-dealkylation sites (tertiary alicyclic amines) is 2. The summed E-state index contributed by atoms with van der Waals surface area (Å²) in [6, 6.07) is 21.6. The number of nitrogen functional groups attached to an aromatic ring is 1. The van der Waals surface area contributed by atoms with Crippen molar-refractivity contribution in [1.82, 2.24) is 29.4 Å². The summed E-state index contributed by atoms with van der Waals surface area (Å²) in [6.45, 7) is 3.57. The molecule has 2 saturated heterocycles. The van der Waals surface area contributed by atoms with Gasteiger partial charge in [-0.25, -0.2) is 4.68 Å². The highest BCUT2D eigenvalue weighted by Gasteiger charge is 2.43. The van der Waals surface area contributed by atoms with Crippen LogP contribution in [-0.4, -0.2) is 111 Å². The van der Waals surface area contributed by atoms with Gasteiger partial charge < -0.3 is 36.2 Å². The van der Waals surface area contributed by atoms with Gasteiger partial charge in [0.25, 0.3) is 17.7 Å². The number of rotatable bonds is 13. The summed E-state index contributed by atoms with van der Waals surface area (Å²) in [5.74, 6) is 0.918. The molecule has 4 aliphatic heterocycles. The molecule has 60 heavy (non-hydrogen) atoms. The lowest BCUT2D eigenvalue weighted by atomic mass is 9.87. The van der Waals surface area contributed by atoms with E-state index < -0.39 is 11.9 Å². The van der Waals surface area contributed by atoms with Crippen LogP contribution in [0.1, 0.15) is 70.8 Å². The van der Waals surface area contributed by atoms with Crippen LogP contribution in [0.15, 0.2) is 84.9 Å². The monoisotopic (exact) mass is 813 g/mol. The largest absolute Gasteiger partial charge is 0.457 e. The minimum atomic E-state index is -0.695. The Hall–Kier alpha value is -6.48. The molecule has 4 aromatic rings. The van der Waals surface area contributed by atoms with Gasteiger partial charge in [-0.05, 0) is 100 Å².